The Balaban J connectivity index is 2.25. The third kappa shape index (κ3) is 3.52. The van der Waals surface area contributed by atoms with E-state index in [0.29, 0.717) is 18.5 Å². The Morgan fingerprint density at radius 1 is 1.30 bits per heavy atom. The van der Waals surface area contributed by atoms with Crippen LogP contribution in [0.25, 0.3) is 0 Å². The maximum Gasteiger partial charge on any atom is 0.180 e. The van der Waals surface area contributed by atoms with Gasteiger partial charge in [-0.25, -0.2) is 16.8 Å². The van der Waals surface area contributed by atoms with Crippen LogP contribution in [0.3, 0.4) is 0 Å². The normalized spacial score (nSPS) is 21.8. The van der Waals surface area contributed by atoms with Crippen LogP contribution in [0.5, 0.6) is 0 Å². The van der Waals surface area contributed by atoms with Crippen molar-refractivity contribution in [3.63, 3.8) is 0 Å². The molecule has 1 aromatic carbocycles. The zero-order chi connectivity index (χ0) is 14.8. The summed E-state index contributed by atoms with van der Waals surface area (Å²) in [5.41, 5.74) is 0.503. The van der Waals surface area contributed by atoms with Crippen molar-refractivity contribution in [1.82, 2.24) is 0 Å². The number of anilines is 1. The Morgan fingerprint density at radius 2 is 2.00 bits per heavy atom. The van der Waals surface area contributed by atoms with Gasteiger partial charge < -0.3 is 5.32 Å². The molecule has 112 valence electrons. The van der Waals surface area contributed by atoms with Crippen molar-refractivity contribution < 1.29 is 16.8 Å². The number of nitrogens with one attached hydrogen (secondary N) is 1. The van der Waals surface area contributed by atoms with Gasteiger partial charge in [-0.15, -0.1) is 0 Å². The maximum absolute atomic E-state index is 12.2. The van der Waals surface area contributed by atoms with Crippen LogP contribution in [0.1, 0.15) is 19.8 Å². The minimum atomic E-state index is -3.32. The van der Waals surface area contributed by atoms with Gasteiger partial charge in [0.1, 0.15) is 0 Å². The van der Waals surface area contributed by atoms with Crippen LogP contribution < -0.4 is 5.32 Å². The molecule has 7 heteroatoms. The van der Waals surface area contributed by atoms with Gasteiger partial charge in [0.05, 0.1) is 27.8 Å². The van der Waals surface area contributed by atoms with Gasteiger partial charge in [0, 0.05) is 6.04 Å². The van der Waals surface area contributed by atoms with Crippen molar-refractivity contribution in [2.75, 3.05) is 22.6 Å². The van der Waals surface area contributed by atoms with Crippen LogP contribution in [0, 0.1) is 0 Å². The van der Waals surface area contributed by atoms with E-state index >= 15 is 0 Å². The Morgan fingerprint density at radius 3 is 2.60 bits per heavy atom. The first-order valence-electron chi connectivity index (χ1n) is 6.63. The van der Waals surface area contributed by atoms with Crippen molar-refractivity contribution in [3.05, 3.63) is 24.3 Å². The molecule has 1 atom stereocenters. The lowest BCUT2D eigenvalue weighted by atomic mass is 10.2. The highest BCUT2D eigenvalue weighted by Gasteiger charge is 2.29. The second-order valence-corrected chi connectivity index (χ2v) is 9.37. The topological polar surface area (TPSA) is 80.3 Å². The molecule has 0 aliphatic carbocycles. The monoisotopic (exact) mass is 317 g/mol. The summed E-state index contributed by atoms with van der Waals surface area (Å²) in [6.07, 6.45) is 1.07. The molecule has 0 spiro atoms. The molecule has 2 rings (SSSR count). The third-order valence-corrected chi connectivity index (χ3v) is 7.03. The van der Waals surface area contributed by atoms with Crippen molar-refractivity contribution >= 4 is 25.4 Å². The highest BCUT2D eigenvalue weighted by Crippen LogP contribution is 2.25. The predicted molar refractivity (Wildman–Crippen MR) is 79.5 cm³/mol. The van der Waals surface area contributed by atoms with Gasteiger partial charge in [0.25, 0.3) is 0 Å². The lowest BCUT2D eigenvalue weighted by Crippen LogP contribution is -2.22. The van der Waals surface area contributed by atoms with Crippen molar-refractivity contribution in [3.8, 4) is 0 Å². The van der Waals surface area contributed by atoms with E-state index in [4.69, 9.17) is 0 Å². The second-order valence-electron chi connectivity index (χ2n) is 5.06. The molecule has 1 aliphatic heterocycles. The van der Waals surface area contributed by atoms with Gasteiger partial charge >= 0.3 is 0 Å². The zero-order valence-corrected chi connectivity index (χ0v) is 13.0. The number of sulfone groups is 2. The summed E-state index contributed by atoms with van der Waals surface area (Å²) in [6.45, 7) is 1.82. The average molecular weight is 317 g/mol. The summed E-state index contributed by atoms with van der Waals surface area (Å²) >= 11 is 0. The minimum absolute atomic E-state index is 0.0646. The van der Waals surface area contributed by atoms with E-state index in [0.717, 1.165) is 0 Å². The molecule has 1 aromatic rings. The van der Waals surface area contributed by atoms with Crippen LogP contribution in [-0.2, 0) is 19.7 Å². The number of hydrogen-bond donors (Lipinski definition) is 1. The Labute approximate surface area is 120 Å². The third-order valence-electron chi connectivity index (χ3n) is 3.29. The molecule has 20 heavy (non-hydrogen) atoms. The van der Waals surface area contributed by atoms with Gasteiger partial charge in [-0.3, -0.25) is 0 Å². The first-order chi connectivity index (χ1) is 9.34. The number of para-hydroxylation sites is 1. The molecule has 1 aliphatic rings. The molecule has 1 N–H and O–H groups in total. The van der Waals surface area contributed by atoms with Crippen LogP contribution in [-0.4, -0.2) is 40.1 Å². The fraction of sp³-hybridized carbons (Fsp3) is 0.538. The van der Waals surface area contributed by atoms with Crippen LogP contribution in [0.4, 0.5) is 5.69 Å². The molecule has 1 heterocycles. The van der Waals surface area contributed by atoms with Crippen LogP contribution in [0.2, 0.25) is 0 Å². The minimum Gasteiger partial charge on any atom is -0.380 e. The number of rotatable bonds is 5. The number of benzene rings is 1. The Hall–Kier alpha value is -1.08. The lowest BCUT2D eigenvalue weighted by molar-refractivity contribution is 0.594. The molecule has 0 bridgehead atoms. The van der Waals surface area contributed by atoms with Crippen LogP contribution in [0.15, 0.2) is 29.2 Å². The zero-order valence-electron chi connectivity index (χ0n) is 11.4. The summed E-state index contributed by atoms with van der Waals surface area (Å²) in [6, 6.07) is 6.47. The molecular weight excluding hydrogens is 298 g/mol. The van der Waals surface area contributed by atoms with Gasteiger partial charge in [0.2, 0.25) is 0 Å². The van der Waals surface area contributed by atoms with E-state index in [1.807, 2.05) is 6.92 Å². The summed E-state index contributed by atoms with van der Waals surface area (Å²) in [5, 5.41) is 3.07. The van der Waals surface area contributed by atoms with E-state index in [1.165, 1.54) is 0 Å². The fourth-order valence-corrected chi connectivity index (χ4v) is 5.54. The summed E-state index contributed by atoms with van der Waals surface area (Å²) < 4.78 is 47.3. The smallest absolute Gasteiger partial charge is 0.180 e. The molecule has 5 nitrogen and oxygen atoms in total. The van der Waals surface area contributed by atoms with Crippen molar-refractivity contribution in [2.45, 2.75) is 30.7 Å². The molecule has 0 radical (unpaired) electrons. The highest BCUT2D eigenvalue weighted by molar-refractivity contribution is 7.92. The molecular formula is C13H19NO4S2. The Bertz CT molecular complexity index is 680. The summed E-state index contributed by atoms with van der Waals surface area (Å²) in [4.78, 5) is 0.256. The summed E-state index contributed by atoms with van der Waals surface area (Å²) in [5.74, 6) is 0.318. The summed E-state index contributed by atoms with van der Waals surface area (Å²) in [7, 11) is -6.31. The van der Waals surface area contributed by atoms with E-state index in [-0.39, 0.29) is 28.2 Å². The van der Waals surface area contributed by atoms with E-state index in [9.17, 15) is 16.8 Å². The van der Waals surface area contributed by atoms with E-state index < -0.39 is 19.7 Å². The maximum atomic E-state index is 12.2. The van der Waals surface area contributed by atoms with Crippen molar-refractivity contribution in [1.29, 1.82) is 0 Å². The molecule has 1 unspecified atom stereocenters. The number of hydrogen-bond acceptors (Lipinski definition) is 5. The lowest BCUT2D eigenvalue weighted by Gasteiger charge is -2.16. The molecule has 0 aromatic heterocycles. The van der Waals surface area contributed by atoms with Gasteiger partial charge in [0.15, 0.2) is 19.7 Å². The Kier molecular flexibility index (Phi) is 4.39. The van der Waals surface area contributed by atoms with E-state index in [1.54, 1.807) is 24.3 Å². The second kappa shape index (κ2) is 5.73. The SMILES string of the molecule is CCCS(=O)(=O)c1ccccc1NC1CCS(=O)(=O)C1. The molecule has 1 fully saturated rings. The quantitative estimate of drug-likeness (QED) is 0.889. The molecule has 1 saturated heterocycles. The van der Waals surface area contributed by atoms with Gasteiger partial charge in [-0.1, -0.05) is 19.1 Å². The van der Waals surface area contributed by atoms with Gasteiger partial charge in [-0.2, -0.15) is 0 Å². The van der Waals surface area contributed by atoms with Gasteiger partial charge in [-0.05, 0) is 25.0 Å². The highest BCUT2D eigenvalue weighted by atomic mass is 32.2. The van der Waals surface area contributed by atoms with E-state index in [2.05, 4.69) is 5.32 Å². The van der Waals surface area contributed by atoms with Crippen LogP contribution >= 0.6 is 0 Å². The molecule has 0 amide bonds. The standard InChI is InChI=1S/C13H19NO4S2/c1-2-8-20(17,18)13-6-4-3-5-12(13)14-11-7-9-19(15,16)10-11/h3-6,11,14H,2,7-10H2,1H3. The fourth-order valence-electron chi connectivity index (χ4n) is 2.36. The first-order valence-corrected chi connectivity index (χ1v) is 10.1. The average Bonchev–Trinajstić information content (AvgIpc) is 2.69. The predicted octanol–water partition coefficient (Wildman–Crippen LogP) is 1.47. The van der Waals surface area contributed by atoms with Crippen molar-refractivity contribution in [2.24, 2.45) is 0 Å². The largest absolute Gasteiger partial charge is 0.380 e. The first kappa shape index (κ1) is 15.3. The molecule has 0 saturated carbocycles.